The van der Waals surface area contributed by atoms with E-state index in [4.69, 9.17) is 22.0 Å². The van der Waals surface area contributed by atoms with Crippen molar-refractivity contribution in [3.63, 3.8) is 0 Å². The topological polar surface area (TPSA) is 185 Å². The molecule has 4 aliphatic heterocycles. The Morgan fingerprint density at radius 1 is 1.14 bits per heavy atom. The Kier molecular flexibility index (Phi) is 5.32. The monoisotopic (exact) mass is 609 g/mol. The number of halogens is 1. The fraction of sp³-hybridized carbons (Fsp3) is 0.682. The molecule has 1 aromatic rings. The van der Waals surface area contributed by atoms with Gasteiger partial charge in [0.25, 0.3) is 0 Å². The van der Waals surface area contributed by atoms with E-state index in [0.717, 1.165) is 0 Å². The summed E-state index contributed by atoms with van der Waals surface area (Å²) in [6.45, 7) is 1.14. The Morgan fingerprint density at radius 3 is 2.54 bits per heavy atom. The van der Waals surface area contributed by atoms with Crippen molar-refractivity contribution in [2.45, 2.75) is 77.2 Å². The van der Waals surface area contributed by atoms with Crippen LogP contribution in [0.5, 0.6) is 5.75 Å². The van der Waals surface area contributed by atoms with Crippen molar-refractivity contribution < 1.29 is 79.1 Å². The Hall–Kier alpha value is -1.14. The molecule has 3 aliphatic carbocycles. The summed E-state index contributed by atoms with van der Waals surface area (Å²) in [5.74, 6) is -2.55. The third-order valence-electron chi connectivity index (χ3n) is 8.13. The average molecular weight is 609 g/mol. The number of hydrogen-bond acceptors (Lipinski definition) is 12. The van der Waals surface area contributed by atoms with Gasteiger partial charge in [-0.1, -0.05) is 0 Å². The van der Waals surface area contributed by atoms with Crippen molar-refractivity contribution in [3.05, 3.63) is 29.8 Å². The molecule has 7 aliphatic rings. The first-order valence-electron chi connectivity index (χ1n) is 11.2. The molecule has 7 fully saturated rings. The van der Waals surface area contributed by atoms with Gasteiger partial charge in [0.05, 0.1) is 0 Å². The van der Waals surface area contributed by atoms with Crippen LogP contribution in [0.1, 0.15) is 30.1 Å². The molecule has 6 N–H and O–H groups in total. The van der Waals surface area contributed by atoms with E-state index in [1.807, 2.05) is 0 Å². The van der Waals surface area contributed by atoms with Gasteiger partial charge in [0, 0.05) is 0 Å². The molecule has 4 saturated heterocycles. The van der Waals surface area contributed by atoms with Crippen LogP contribution in [-0.4, -0.2) is 101 Å². The minimum atomic E-state index is -1.63. The van der Waals surface area contributed by atoms with E-state index in [2.05, 4.69) is 0 Å². The number of rotatable bonds is 6. The number of phenolic OH excluding ortho intramolecular Hbond substituents is 1. The number of hydrogen-bond donors (Lipinski definition) is 6. The molecule has 0 amide bonds. The fourth-order valence-corrected chi connectivity index (χ4v) is 9.92. The second-order valence-corrected chi connectivity index (χ2v) is 12.6. The van der Waals surface area contributed by atoms with Crippen LogP contribution in [0.4, 0.5) is 0 Å². The number of ether oxygens (including phenoxy) is 4. The molecule has 8 rings (SSSR count). The molecule has 12 nitrogen and oxygen atoms in total. The predicted molar refractivity (Wildman–Crippen MR) is 106 cm³/mol. The van der Waals surface area contributed by atoms with Crippen LogP contribution in [0.3, 0.4) is 0 Å². The zero-order chi connectivity index (χ0) is 25.0. The predicted octanol–water partition coefficient (Wildman–Crippen LogP) is -4.90. The number of aliphatic hydroxyl groups excluding tert-OH is 4. The van der Waals surface area contributed by atoms with Crippen LogP contribution in [-0.2, 0) is 22.0 Å². The number of phenols is 1. The zero-order valence-corrected chi connectivity index (χ0v) is 20.6. The van der Waals surface area contributed by atoms with E-state index in [0.29, 0.717) is 0 Å². The third kappa shape index (κ3) is 2.96. The van der Waals surface area contributed by atoms with Gasteiger partial charge in [0.2, 0.25) is 0 Å². The number of carbonyl (C=O) groups is 1. The molecule has 0 unspecified atom stereocenters. The summed E-state index contributed by atoms with van der Waals surface area (Å²) < 4.78 is 28.7. The van der Waals surface area contributed by atoms with Crippen LogP contribution in [0.15, 0.2) is 24.3 Å². The molecular weight excluding hydrogens is 583 g/mol. The summed E-state index contributed by atoms with van der Waals surface area (Å²) in [6.07, 6.45) is -7.95. The van der Waals surface area contributed by atoms with Gasteiger partial charge >= 0.3 is 210 Å². The number of alkyl halides is 1. The minimum absolute atomic E-state index is 0.00616. The maximum absolute atomic E-state index is 12.8. The van der Waals surface area contributed by atoms with Crippen molar-refractivity contribution >= 4 is 5.97 Å². The molecule has 4 heterocycles. The van der Waals surface area contributed by atoms with Gasteiger partial charge in [-0.25, -0.2) is 0 Å². The summed E-state index contributed by atoms with van der Waals surface area (Å²) in [6, 6.07) is 5.60. The third-order valence-corrected chi connectivity index (χ3v) is 11.6. The number of carbonyl (C=O) groups excluding carboxylic acids is 1. The molecule has 0 radical (unpaired) electrons. The molecule has 35 heavy (non-hydrogen) atoms. The maximum atomic E-state index is 12.8. The second kappa shape index (κ2) is 7.69. The second-order valence-electron chi connectivity index (χ2n) is 9.98. The summed E-state index contributed by atoms with van der Waals surface area (Å²) in [4.78, 5) is 12.8. The van der Waals surface area contributed by atoms with Gasteiger partial charge in [-0.2, -0.15) is 0 Å². The Morgan fingerprint density at radius 2 is 1.86 bits per heavy atom. The van der Waals surface area contributed by atoms with Crippen LogP contribution < -0.4 is 21.6 Å². The molecule has 11 atom stereocenters. The van der Waals surface area contributed by atoms with Crippen LogP contribution in [0.2, 0.25) is 0 Å². The van der Waals surface area contributed by atoms with E-state index in [1.54, 1.807) is 6.92 Å². The standard InChI is InChI=1S/C22H26IO12/c1-19-8-20(30)12-6-21(19,32-17-15(28)14(27)13(26)11(7-24)31-17)22(12,18(33-19)34-20)23-35-16(29)9-2-4-10(25)5-3-9/h2-5,11-15,17-18,24-28,30H,6-8H2,1H3/q-1/t11-,12+,13-,14+,15-,17+,18-,19+,20-,21+,22-/m1/s1. The fourth-order valence-electron chi connectivity index (χ4n) is 6.35. The van der Waals surface area contributed by atoms with E-state index in [-0.39, 0.29) is 24.2 Å². The van der Waals surface area contributed by atoms with Crippen molar-refractivity contribution in [1.29, 1.82) is 0 Å². The molecular formula is C22H26IO12-. The van der Waals surface area contributed by atoms with Gasteiger partial charge < -0.3 is 0 Å². The molecule has 194 valence electrons. The summed E-state index contributed by atoms with van der Waals surface area (Å²) >= 11 is -1.54. The number of benzene rings is 1. The normalized spacial score (nSPS) is 51.4. The quantitative estimate of drug-likeness (QED) is 0.134. The average Bonchev–Trinajstić information content (AvgIpc) is 3.00. The Labute approximate surface area is 210 Å². The molecule has 1 aromatic carbocycles. The number of aromatic hydroxyl groups is 1. The van der Waals surface area contributed by atoms with Gasteiger partial charge in [-0.3, -0.25) is 0 Å². The first kappa shape index (κ1) is 24.2. The summed E-state index contributed by atoms with van der Waals surface area (Å²) in [5, 5.41) is 61.2. The van der Waals surface area contributed by atoms with Crippen LogP contribution in [0.25, 0.3) is 0 Å². The van der Waals surface area contributed by atoms with Gasteiger partial charge in [0.1, 0.15) is 0 Å². The molecule has 3 saturated carbocycles. The zero-order valence-electron chi connectivity index (χ0n) is 18.5. The van der Waals surface area contributed by atoms with Crippen molar-refractivity contribution in [2.24, 2.45) is 5.92 Å². The molecule has 6 bridgehead atoms. The first-order chi connectivity index (χ1) is 16.5. The molecule has 13 heteroatoms. The van der Waals surface area contributed by atoms with Gasteiger partial charge in [-0.05, 0) is 0 Å². The van der Waals surface area contributed by atoms with E-state index in [9.17, 15) is 35.4 Å². The van der Waals surface area contributed by atoms with Crippen molar-refractivity contribution in [1.82, 2.24) is 0 Å². The first-order valence-corrected chi connectivity index (χ1v) is 13.2. The Balaban J connectivity index is 1.31. The van der Waals surface area contributed by atoms with E-state index < -0.39 is 97.5 Å². The molecule has 0 spiro atoms. The molecule has 0 aromatic heterocycles. The van der Waals surface area contributed by atoms with Crippen LogP contribution in [0, 0.1) is 5.92 Å². The summed E-state index contributed by atoms with van der Waals surface area (Å²) in [7, 11) is 0. The SMILES string of the molecule is C[C@@]12C[C@@]3(O)O[C@@H](O1)[C@]1([I-]OC(=O)c4ccc(O)cc4)[C@H]3C[C@@]12O[C@@H]1O[C@H](CO)[C@@H](O)[C@H](O)[C@H]1O. The van der Waals surface area contributed by atoms with Crippen molar-refractivity contribution in [2.75, 3.05) is 6.61 Å². The number of aliphatic hydroxyl groups is 5. The summed E-state index contributed by atoms with van der Waals surface area (Å²) in [5.41, 5.74) is -2.03. The Bertz CT molecular complexity index is 1040. The van der Waals surface area contributed by atoms with Gasteiger partial charge in [-0.15, -0.1) is 0 Å². The van der Waals surface area contributed by atoms with E-state index >= 15 is 0 Å². The van der Waals surface area contributed by atoms with Gasteiger partial charge in [0.15, 0.2) is 0 Å². The van der Waals surface area contributed by atoms with E-state index in [1.165, 1.54) is 24.3 Å². The van der Waals surface area contributed by atoms with Crippen molar-refractivity contribution in [3.8, 4) is 5.75 Å². The van der Waals surface area contributed by atoms with Crippen LogP contribution >= 0.6 is 0 Å².